The number of nitrogens with zero attached hydrogens (tertiary/aromatic N) is 3. The Bertz CT molecular complexity index is 1380. The van der Waals surface area contributed by atoms with Gasteiger partial charge in [-0.2, -0.15) is 9.41 Å². The lowest BCUT2D eigenvalue weighted by molar-refractivity contribution is -0.385. The number of hydrogen-bond donors (Lipinski definition) is 1. The van der Waals surface area contributed by atoms with Crippen LogP contribution in [0.1, 0.15) is 11.1 Å². The quantitative estimate of drug-likeness (QED) is 0.211. The van der Waals surface area contributed by atoms with Crippen LogP contribution in [-0.4, -0.2) is 36.3 Å². The van der Waals surface area contributed by atoms with Crippen molar-refractivity contribution < 1.29 is 18.1 Å². The Hall–Kier alpha value is -2.83. The average molecular weight is 600 g/mol. The zero-order chi connectivity index (χ0) is 25.6. The van der Waals surface area contributed by atoms with Crippen molar-refractivity contribution >= 4 is 67.0 Å². The Morgan fingerprint density at radius 2 is 1.77 bits per heavy atom. The number of carbonyl (C=O) groups is 1. The van der Waals surface area contributed by atoms with Crippen LogP contribution in [0.4, 0.5) is 5.69 Å². The maximum absolute atomic E-state index is 13.3. The molecule has 0 heterocycles. The summed E-state index contributed by atoms with van der Waals surface area (Å²) in [7, 11) is -4.09. The van der Waals surface area contributed by atoms with Gasteiger partial charge in [0.05, 0.1) is 38.2 Å². The predicted molar refractivity (Wildman–Crippen MR) is 137 cm³/mol. The molecule has 0 saturated carbocycles. The third-order valence-corrected chi connectivity index (χ3v) is 7.71. The van der Waals surface area contributed by atoms with Crippen molar-refractivity contribution in [3.05, 3.63) is 102 Å². The first-order valence-corrected chi connectivity index (χ1v) is 12.8. The molecule has 3 aromatic rings. The number of nitro groups is 1. The number of rotatable bonds is 9. The number of carbonyl (C=O) groups excluding carboxylic acids is 1. The molecule has 1 amide bonds. The smallest absolute Gasteiger partial charge is 0.272 e. The van der Waals surface area contributed by atoms with E-state index in [2.05, 4.69) is 26.5 Å². The van der Waals surface area contributed by atoms with Gasteiger partial charge in [-0.05, 0) is 48.0 Å². The van der Waals surface area contributed by atoms with Gasteiger partial charge in [-0.25, -0.2) is 13.8 Å². The molecule has 0 aliphatic heterocycles. The van der Waals surface area contributed by atoms with E-state index in [0.717, 1.165) is 10.5 Å². The highest BCUT2D eigenvalue weighted by Gasteiger charge is 2.27. The molecule has 0 unspecified atom stereocenters. The molecule has 0 bridgehead atoms. The first-order valence-electron chi connectivity index (χ1n) is 9.83. The molecule has 0 fully saturated rings. The van der Waals surface area contributed by atoms with Crippen LogP contribution < -0.4 is 5.43 Å². The summed E-state index contributed by atoms with van der Waals surface area (Å²) in [6.45, 7) is -0.747. The van der Waals surface area contributed by atoms with E-state index in [1.165, 1.54) is 42.5 Å². The number of nitrogens with one attached hydrogen (secondary N) is 1. The summed E-state index contributed by atoms with van der Waals surface area (Å²) >= 11 is 15.3. The van der Waals surface area contributed by atoms with E-state index in [-0.39, 0.29) is 27.7 Å². The zero-order valence-corrected chi connectivity index (χ0v) is 21.7. The molecule has 35 heavy (non-hydrogen) atoms. The van der Waals surface area contributed by atoms with E-state index in [1.807, 2.05) is 0 Å². The van der Waals surface area contributed by atoms with Crippen molar-refractivity contribution in [2.75, 3.05) is 6.54 Å². The van der Waals surface area contributed by atoms with Gasteiger partial charge in [-0.1, -0.05) is 57.3 Å². The topological polar surface area (TPSA) is 122 Å². The van der Waals surface area contributed by atoms with E-state index in [0.29, 0.717) is 15.1 Å². The van der Waals surface area contributed by atoms with E-state index >= 15 is 0 Å². The van der Waals surface area contributed by atoms with Gasteiger partial charge in [0.2, 0.25) is 10.0 Å². The molecule has 0 aromatic heterocycles. The largest absolute Gasteiger partial charge is 0.278 e. The Kier molecular flexibility index (Phi) is 8.98. The van der Waals surface area contributed by atoms with Crippen LogP contribution in [0.2, 0.25) is 10.0 Å². The summed E-state index contributed by atoms with van der Waals surface area (Å²) in [4.78, 5) is 23.1. The summed E-state index contributed by atoms with van der Waals surface area (Å²) in [5.74, 6) is -0.749. The number of benzene rings is 3. The highest BCUT2D eigenvalue weighted by Crippen LogP contribution is 2.25. The summed E-state index contributed by atoms with van der Waals surface area (Å²) in [6.07, 6.45) is 1.11. The van der Waals surface area contributed by atoms with E-state index < -0.39 is 27.4 Å². The maximum atomic E-state index is 13.3. The summed E-state index contributed by atoms with van der Waals surface area (Å²) in [6, 6.07) is 16.4. The maximum Gasteiger partial charge on any atom is 0.278 e. The number of halogens is 3. The van der Waals surface area contributed by atoms with E-state index in [9.17, 15) is 23.3 Å². The number of hydrogen-bond acceptors (Lipinski definition) is 6. The fourth-order valence-electron chi connectivity index (χ4n) is 2.96. The third kappa shape index (κ3) is 7.09. The lowest BCUT2D eigenvalue weighted by atomic mass is 10.2. The highest BCUT2D eigenvalue weighted by atomic mass is 79.9. The standard InChI is InChI=1S/C22H17BrCl2N4O5S/c23-17-6-8-18(9-7-17)35(33,34)28(13-15-5-10-19(24)20(25)11-15)14-22(30)27-26-12-16-3-1-2-4-21(16)29(31)32/h1-12H,13-14H2,(H,27,30)/b26-12+. The molecule has 9 nitrogen and oxygen atoms in total. The minimum Gasteiger partial charge on any atom is -0.272 e. The molecule has 182 valence electrons. The predicted octanol–water partition coefficient (Wildman–Crippen LogP) is 5.01. The third-order valence-electron chi connectivity index (χ3n) is 4.64. The monoisotopic (exact) mass is 598 g/mol. The molecule has 3 aromatic carbocycles. The van der Waals surface area contributed by atoms with Crippen LogP contribution in [0.15, 0.2) is 81.2 Å². The van der Waals surface area contributed by atoms with Crippen molar-refractivity contribution in [1.82, 2.24) is 9.73 Å². The minimum absolute atomic E-state index is 0.0167. The van der Waals surface area contributed by atoms with Gasteiger partial charge in [0.1, 0.15) is 0 Å². The van der Waals surface area contributed by atoms with Gasteiger partial charge in [-0.15, -0.1) is 0 Å². The van der Waals surface area contributed by atoms with E-state index in [4.69, 9.17) is 23.2 Å². The second-order valence-electron chi connectivity index (χ2n) is 7.08. The molecule has 0 saturated heterocycles. The Morgan fingerprint density at radius 1 is 1.09 bits per heavy atom. The molecule has 0 atom stereocenters. The Labute approximate surface area is 219 Å². The molecule has 1 N–H and O–H groups in total. The summed E-state index contributed by atoms with van der Waals surface area (Å²) in [5.41, 5.74) is 2.71. The number of nitro benzene ring substituents is 1. The Balaban J connectivity index is 1.83. The van der Waals surface area contributed by atoms with Crippen LogP contribution in [0.5, 0.6) is 0 Å². The van der Waals surface area contributed by atoms with Crippen molar-refractivity contribution in [1.29, 1.82) is 0 Å². The minimum atomic E-state index is -4.09. The SMILES string of the molecule is O=C(CN(Cc1ccc(Cl)c(Cl)c1)S(=O)(=O)c1ccc(Br)cc1)N/N=C/c1ccccc1[N+](=O)[O-]. The van der Waals surface area contributed by atoms with Gasteiger partial charge in [0.15, 0.2) is 0 Å². The van der Waals surface area contributed by atoms with Crippen LogP contribution >= 0.6 is 39.1 Å². The van der Waals surface area contributed by atoms with Crippen molar-refractivity contribution in [2.24, 2.45) is 5.10 Å². The molecule has 0 radical (unpaired) electrons. The fraction of sp³-hybridized carbons (Fsp3) is 0.0909. The van der Waals surface area contributed by atoms with E-state index in [1.54, 1.807) is 24.3 Å². The first-order chi connectivity index (χ1) is 16.6. The average Bonchev–Trinajstić information content (AvgIpc) is 2.81. The fourth-order valence-corrected chi connectivity index (χ4v) is 4.92. The highest BCUT2D eigenvalue weighted by molar-refractivity contribution is 9.10. The molecular formula is C22H17BrCl2N4O5S. The molecule has 13 heteroatoms. The van der Waals surface area contributed by atoms with Crippen molar-refractivity contribution in [3.63, 3.8) is 0 Å². The van der Waals surface area contributed by atoms with Gasteiger partial charge in [0, 0.05) is 17.1 Å². The van der Waals surface area contributed by atoms with Crippen LogP contribution in [0.3, 0.4) is 0 Å². The lowest BCUT2D eigenvalue weighted by Crippen LogP contribution is -2.39. The zero-order valence-electron chi connectivity index (χ0n) is 17.8. The molecule has 0 spiro atoms. The Morgan fingerprint density at radius 3 is 2.43 bits per heavy atom. The second-order valence-corrected chi connectivity index (χ2v) is 10.8. The molecule has 0 aliphatic rings. The summed E-state index contributed by atoms with van der Waals surface area (Å²) < 4.78 is 28.3. The number of hydrazone groups is 1. The molecule has 0 aliphatic carbocycles. The first kappa shape index (κ1) is 26.8. The van der Waals surface area contributed by atoms with Crippen molar-refractivity contribution in [3.8, 4) is 0 Å². The van der Waals surface area contributed by atoms with Gasteiger partial charge in [-0.3, -0.25) is 14.9 Å². The van der Waals surface area contributed by atoms with Gasteiger partial charge < -0.3 is 0 Å². The van der Waals surface area contributed by atoms with Crippen molar-refractivity contribution in [2.45, 2.75) is 11.4 Å². The number of amides is 1. The van der Waals surface area contributed by atoms with Crippen LogP contribution in [-0.2, 0) is 21.4 Å². The number of sulfonamides is 1. The van der Waals surface area contributed by atoms with Crippen LogP contribution in [0, 0.1) is 10.1 Å². The number of para-hydroxylation sites is 1. The lowest BCUT2D eigenvalue weighted by Gasteiger charge is -2.22. The molecular weight excluding hydrogens is 583 g/mol. The van der Waals surface area contributed by atoms with Gasteiger partial charge in [0.25, 0.3) is 11.6 Å². The normalized spacial score (nSPS) is 11.7. The second kappa shape index (κ2) is 11.7. The van der Waals surface area contributed by atoms with Gasteiger partial charge >= 0.3 is 0 Å². The summed E-state index contributed by atoms with van der Waals surface area (Å²) in [5, 5.41) is 15.4. The van der Waals surface area contributed by atoms with Crippen LogP contribution in [0.25, 0.3) is 0 Å². The molecule has 3 rings (SSSR count).